The molecular formula is C17H28N2O. The zero-order chi connectivity index (χ0) is 14.4. The van der Waals surface area contributed by atoms with Gasteiger partial charge in [0.05, 0.1) is 12.8 Å². The van der Waals surface area contributed by atoms with E-state index in [1.165, 1.54) is 36.9 Å². The molecule has 0 spiro atoms. The summed E-state index contributed by atoms with van der Waals surface area (Å²) in [6.07, 6.45) is 5.30. The van der Waals surface area contributed by atoms with Crippen molar-refractivity contribution in [3.8, 4) is 5.75 Å². The van der Waals surface area contributed by atoms with E-state index in [4.69, 9.17) is 4.74 Å². The number of hydrogen-bond acceptors (Lipinski definition) is 3. The molecule has 112 valence electrons. The summed E-state index contributed by atoms with van der Waals surface area (Å²) in [5.41, 5.74) is 2.54. The van der Waals surface area contributed by atoms with Gasteiger partial charge in [-0.2, -0.15) is 0 Å². The van der Waals surface area contributed by atoms with Crippen LogP contribution in [-0.4, -0.2) is 26.2 Å². The van der Waals surface area contributed by atoms with Crippen molar-refractivity contribution in [3.05, 3.63) is 23.8 Å². The topological polar surface area (TPSA) is 24.5 Å². The van der Waals surface area contributed by atoms with Gasteiger partial charge in [-0.25, -0.2) is 0 Å². The number of anilines is 1. The molecule has 20 heavy (non-hydrogen) atoms. The summed E-state index contributed by atoms with van der Waals surface area (Å²) in [6, 6.07) is 7.13. The first-order chi connectivity index (χ1) is 9.70. The molecule has 1 aliphatic heterocycles. The fourth-order valence-corrected chi connectivity index (χ4v) is 2.73. The van der Waals surface area contributed by atoms with Gasteiger partial charge in [-0.05, 0) is 30.5 Å². The first-order valence-electron chi connectivity index (χ1n) is 7.86. The van der Waals surface area contributed by atoms with E-state index in [9.17, 15) is 0 Å². The first-order valence-corrected chi connectivity index (χ1v) is 7.86. The Labute approximate surface area is 123 Å². The van der Waals surface area contributed by atoms with Crippen molar-refractivity contribution in [2.24, 2.45) is 0 Å². The Morgan fingerprint density at radius 2 is 1.85 bits per heavy atom. The number of ether oxygens (including phenoxy) is 1. The third-order valence-corrected chi connectivity index (χ3v) is 3.91. The maximum Gasteiger partial charge on any atom is 0.142 e. The summed E-state index contributed by atoms with van der Waals surface area (Å²) in [5, 5.41) is 3.45. The predicted molar refractivity (Wildman–Crippen MR) is 85.7 cm³/mol. The molecule has 0 aliphatic carbocycles. The third-order valence-electron chi connectivity index (χ3n) is 3.91. The van der Waals surface area contributed by atoms with E-state index in [-0.39, 0.29) is 0 Å². The fraction of sp³-hybridized carbons (Fsp3) is 0.647. The van der Waals surface area contributed by atoms with Crippen LogP contribution < -0.4 is 15.0 Å². The van der Waals surface area contributed by atoms with Gasteiger partial charge in [0.2, 0.25) is 0 Å². The quantitative estimate of drug-likeness (QED) is 0.889. The zero-order valence-electron chi connectivity index (χ0n) is 13.1. The van der Waals surface area contributed by atoms with Gasteiger partial charge < -0.3 is 15.0 Å². The van der Waals surface area contributed by atoms with E-state index in [0.717, 1.165) is 25.4 Å². The molecule has 1 aliphatic rings. The molecule has 0 aromatic heterocycles. The molecule has 1 aromatic rings. The van der Waals surface area contributed by atoms with Crippen molar-refractivity contribution >= 4 is 5.69 Å². The molecule has 1 saturated heterocycles. The van der Waals surface area contributed by atoms with Crippen LogP contribution in [0.15, 0.2) is 18.2 Å². The van der Waals surface area contributed by atoms with Gasteiger partial charge >= 0.3 is 0 Å². The number of benzene rings is 1. The lowest BCUT2D eigenvalue weighted by Gasteiger charge is -2.25. The van der Waals surface area contributed by atoms with Crippen LogP contribution in [0.25, 0.3) is 0 Å². The molecule has 1 fully saturated rings. The third kappa shape index (κ3) is 4.14. The minimum Gasteiger partial charge on any atom is -0.495 e. The molecular weight excluding hydrogens is 248 g/mol. The molecule has 1 N–H and O–H groups in total. The average Bonchev–Trinajstić information content (AvgIpc) is 2.73. The van der Waals surface area contributed by atoms with Crippen LogP contribution >= 0.6 is 0 Å². The minimum atomic E-state index is 0.506. The molecule has 3 heteroatoms. The fourth-order valence-electron chi connectivity index (χ4n) is 2.73. The van der Waals surface area contributed by atoms with Gasteiger partial charge in [-0.3, -0.25) is 0 Å². The highest BCUT2D eigenvalue weighted by molar-refractivity contribution is 5.60. The monoisotopic (exact) mass is 276 g/mol. The zero-order valence-corrected chi connectivity index (χ0v) is 13.1. The second-order valence-corrected chi connectivity index (χ2v) is 5.94. The van der Waals surface area contributed by atoms with Crippen LogP contribution in [0.4, 0.5) is 5.69 Å². The van der Waals surface area contributed by atoms with E-state index < -0.39 is 0 Å². The highest BCUT2D eigenvalue weighted by atomic mass is 16.5. The highest BCUT2D eigenvalue weighted by Crippen LogP contribution is 2.31. The lowest BCUT2D eigenvalue weighted by atomic mass is 10.1. The summed E-state index contributed by atoms with van der Waals surface area (Å²) < 4.78 is 5.62. The summed E-state index contributed by atoms with van der Waals surface area (Å²) >= 11 is 0. The van der Waals surface area contributed by atoms with Gasteiger partial charge in [-0.1, -0.05) is 32.8 Å². The van der Waals surface area contributed by atoms with Gasteiger partial charge in [0, 0.05) is 25.7 Å². The summed E-state index contributed by atoms with van der Waals surface area (Å²) in [6.45, 7) is 7.54. The largest absolute Gasteiger partial charge is 0.495 e. The van der Waals surface area contributed by atoms with Gasteiger partial charge in [0.25, 0.3) is 0 Å². The van der Waals surface area contributed by atoms with Crippen molar-refractivity contribution in [3.63, 3.8) is 0 Å². The average molecular weight is 276 g/mol. The predicted octanol–water partition coefficient (Wildman–Crippen LogP) is 3.57. The van der Waals surface area contributed by atoms with E-state index in [1.807, 2.05) is 0 Å². The van der Waals surface area contributed by atoms with E-state index in [0.29, 0.717) is 6.04 Å². The second-order valence-electron chi connectivity index (χ2n) is 5.94. The molecule has 0 atom stereocenters. The molecule has 0 radical (unpaired) electrons. The molecule has 1 heterocycles. The molecule has 0 amide bonds. The smallest absolute Gasteiger partial charge is 0.142 e. The maximum atomic E-state index is 5.62. The molecule has 3 nitrogen and oxygen atoms in total. The highest BCUT2D eigenvalue weighted by Gasteiger charge is 2.14. The molecule has 0 saturated carbocycles. The number of nitrogens with one attached hydrogen (secondary N) is 1. The number of nitrogens with zero attached hydrogens (tertiary/aromatic N) is 1. The molecule has 0 bridgehead atoms. The van der Waals surface area contributed by atoms with Crippen LogP contribution in [0.3, 0.4) is 0 Å². The lowest BCUT2D eigenvalue weighted by Crippen LogP contribution is -2.25. The number of hydrogen-bond donors (Lipinski definition) is 1. The second kappa shape index (κ2) is 7.53. The molecule has 0 unspecified atom stereocenters. The summed E-state index contributed by atoms with van der Waals surface area (Å²) in [7, 11) is 1.77. The summed E-state index contributed by atoms with van der Waals surface area (Å²) in [5.74, 6) is 1.01. The minimum absolute atomic E-state index is 0.506. The van der Waals surface area contributed by atoms with Crippen LogP contribution in [0.1, 0.15) is 45.1 Å². The Kier molecular flexibility index (Phi) is 5.72. The first kappa shape index (κ1) is 15.2. The number of rotatable bonds is 5. The molecule has 2 rings (SSSR count). The van der Waals surface area contributed by atoms with Crippen molar-refractivity contribution in [2.75, 3.05) is 25.1 Å². The van der Waals surface area contributed by atoms with Crippen molar-refractivity contribution in [2.45, 2.75) is 52.1 Å². The Morgan fingerprint density at radius 1 is 1.15 bits per heavy atom. The maximum absolute atomic E-state index is 5.62. The van der Waals surface area contributed by atoms with E-state index >= 15 is 0 Å². The normalized spacial score (nSPS) is 16.3. The van der Waals surface area contributed by atoms with E-state index in [2.05, 4.69) is 42.3 Å². The van der Waals surface area contributed by atoms with Crippen molar-refractivity contribution in [1.29, 1.82) is 0 Å². The Hall–Kier alpha value is -1.22. The van der Waals surface area contributed by atoms with Crippen LogP contribution in [0, 0.1) is 0 Å². The Balaban J connectivity index is 2.12. The van der Waals surface area contributed by atoms with Crippen LogP contribution in [0.2, 0.25) is 0 Å². The van der Waals surface area contributed by atoms with E-state index in [1.54, 1.807) is 7.11 Å². The molecule has 1 aromatic carbocycles. The lowest BCUT2D eigenvalue weighted by molar-refractivity contribution is 0.413. The van der Waals surface area contributed by atoms with Gasteiger partial charge in [-0.15, -0.1) is 0 Å². The Bertz CT molecular complexity index is 409. The van der Waals surface area contributed by atoms with Crippen LogP contribution in [-0.2, 0) is 6.54 Å². The Morgan fingerprint density at radius 3 is 2.45 bits per heavy atom. The van der Waals surface area contributed by atoms with Gasteiger partial charge in [0.1, 0.15) is 5.75 Å². The van der Waals surface area contributed by atoms with Crippen molar-refractivity contribution < 1.29 is 4.74 Å². The summed E-state index contributed by atoms with van der Waals surface area (Å²) in [4.78, 5) is 2.48. The SMILES string of the molecule is COc1cc(CNC(C)C)ccc1N1CCCCCC1. The van der Waals surface area contributed by atoms with Crippen molar-refractivity contribution in [1.82, 2.24) is 5.32 Å². The number of methoxy groups -OCH3 is 1. The van der Waals surface area contributed by atoms with Gasteiger partial charge in [0.15, 0.2) is 0 Å². The standard InChI is InChI=1S/C17H28N2O/c1-14(2)18-13-15-8-9-16(17(12-15)20-3)19-10-6-4-5-7-11-19/h8-9,12,14,18H,4-7,10-11,13H2,1-3H3. The van der Waals surface area contributed by atoms with Crippen LogP contribution in [0.5, 0.6) is 5.75 Å².